The molecule has 1 N–H and O–H groups in total. The molecule has 0 aliphatic carbocycles. The number of hydrogen-bond donors (Lipinski definition) is 1. The van der Waals surface area contributed by atoms with Gasteiger partial charge in [0.05, 0.1) is 6.54 Å². The number of anilines is 1. The molecule has 0 amide bonds. The molecule has 3 rings (SSSR count). The zero-order valence-corrected chi connectivity index (χ0v) is 14.0. The first-order valence-corrected chi connectivity index (χ1v) is 7.74. The van der Waals surface area contributed by atoms with Gasteiger partial charge in [-0.25, -0.2) is 0 Å². The molecule has 4 heteroatoms. The minimum atomic E-state index is 0.517. The maximum atomic E-state index is 5.79. The summed E-state index contributed by atoms with van der Waals surface area (Å²) in [5.41, 5.74) is 6.95. The summed E-state index contributed by atoms with van der Waals surface area (Å²) in [7, 11) is 0. The largest absolute Gasteiger partial charge is 0.419 e. The average molecular weight is 307 g/mol. The quantitative estimate of drug-likeness (QED) is 0.766. The molecule has 0 saturated carbocycles. The fraction of sp³-hybridized carbons (Fsp3) is 0.263. The Balaban J connectivity index is 1.77. The number of benzene rings is 2. The monoisotopic (exact) mass is 307 g/mol. The van der Waals surface area contributed by atoms with Crippen LogP contribution in [0.15, 0.2) is 40.8 Å². The molecule has 1 heterocycles. The highest BCUT2D eigenvalue weighted by Crippen LogP contribution is 2.24. The van der Waals surface area contributed by atoms with Gasteiger partial charge in [0.1, 0.15) is 0 Å². The Bertz CT molecular complexity index is 813. The fourth-order valence-corrected chi connectivity index (χ4v) is 2.87. The van der Waals surface area contributed by atoms with Gasteiger partial charge in [-0.1, -0.05) is 35.9 Å². The third kappa shape index (κ3) is 3.26. The molecule has 0 saturated heterocycles. The highest BCUT2D eigenvalue weighted by atomic mass is 16.4. The van der Waals surface area contributed by atoms with Crippen LogP contribution in [0.2, 0.25) is 0 Å². The van der Waals surface area contributed by atoms with Crippen molar-refractivity contribution in [1.82, 2.24) is 10.2 Å². The molecule has 2 aromatic carbocycles. The van der Waals surface area contributed by atoms with E-state index in [-0.39, 0.29) is 0 Å². The van der Waals surface area contributed by atoms with Crippen molar-refractivity contribution in [2.45, 2.75) is 34.2 Å². The van der Waals surface area contributed by atoms with Crippen molar-refractivity contribution in [2.75, 3.05) is 5.32 Å². The predicted molar refractivity (Wildman–Crippen MR) is 92.5 cm³/mol. The van der Waals surface area contributed by atoms with Crippen LogP contribution in [0.4, 0.5) is 5.69 Å². The topological polar surface area (TPSA) is 51.0 Å². The standard InChI is InChI=1S/C19H21N3O/c1-12-9-14(3)18(15(4)10-12)20-11-17-21-22-19(23-17)16-8-6-5-7-13(16)2/h5-10,20H,11H2,1-4H3. The van der Waals surface area contributed by atoms with Gasteiger partial charge >= 0.3 is 0 Å². The SMILES string of the molecule is Cc1cc(C)c(NCc2nnc(-c3ccccc3C)o2)c(C)c1. The van der Waals surface area contributed by atoms with Gasteiger partial charge in [0, 0.05) is 11.3 Å². The lowest BCUT2D eigenvalue weighted by Gasteiger charge is -2.12. The Hall–Kier alpha value is -2.62. The molecule has 0 radical (unpaired) electrons. The summed E-state index contributed by atoms with van der Waals surface area (Å²) in [6, 6.07) is 12.3. The number of nitrogens with one attached hydrogen (secondary N) is 1. The smallest absolute Gasteiger partial charge is 0.248 e. The van der Waals surface area contributed by atoms with E-state index < -0.39 is 0 Å². The number of aryl methyl sites for hydroxylation is 4. The van der Waals surface area contributed by atoms with E-state index in [9.17, 15) is 0 Å². The van der Waals surface area contributed by atoms with Crippen molar-refractivity contribution in [2.24, 2.45) is 0 Å². The molecule has 0 spiro atoms. The van der Waals surface area contributed by atoms with E-state index in [0.717, 1.165) is 16.8 Å². The van der Waals surface area contributed by atoms with E-state index in [1.165, 1.54) is 16.7 Å². The van der Waals surface area contributed by atoms with Crippen molar-refractivity contribution in [1.29, 1.82) is 0 Å². The molecule has 0 fully saturated rings. The lowest BCUT2D eigenvalue weighted by Crippen LogP contribution is -2.03. The lowest BCUT2D eigenvalue weighted by atomic mass is 10.1. The first kappa shape index (κ1) is 15.3. The van der Waals surface area contributed by atoms with Gasteiger partial charge < -0.3 is 9.73 Å². The molecular formula is C19H21N3O. The summed E-state index contributed by atoms with van der Waals surface area (Å²) in [6.07, 6.45) is 0. The first-order chi connectivity index (χ1) is 11.0. The summed E-state index contributed by atoms with van der Waals surface area (Å²) < 4.78 is 5.79. The van der Waals surface area contributed by atoms with Crippen LogP contribution in [0, 0.1) is 27.7 Å². The highest BCUT2D eigenvalue weighted by molar-refractivity contribution is 5.59. The van der Waals surface area contributed by atoms with E-state index in [1.807, 2.05) is 31.2 Å². The number of rotatable bonds is 4. The number of aromatic nitrogens is 2. The zero-order valence-electron chi connectivity index (χ0n) is 14.0. The summed E-state index contributed by atoms with van der Waals surface area (Å²) in [5, 5.41) is 11.7. The van der Waals surface area contributed by atoms with E-state index in [1.54, 1.807) is 0 Å². The molecule has 3 aromatic rings. The van der Waals surface area contributed by atoms with E-state index in [4.69, 9.17) is 4.42 Å². The normalized spacial score (nSPS) is 10.8. The molecule has 0 unspecified atom stereocenters. The summed E-state index contributed by atoms with van der Waals surface area (Å²) >= 11 is 0. The van der Waals surface area contributed by atoms with Crippen LogP contribution in [0.1, 0.15) is 28.1 Å². The van der Waals surface area contributed by atoms with Crippen molar-refractivity contribution in [3.8, 4) is 11.5 Å². The average Bonchev–Trinajstić information content (AvgIpc) is 2.95. The Labute approximate surface area is 136 Å². The Kier molecular flexibility index (Phi) is 4.15. The summed E-state index contributed by atoms with van der Waals surface area (Å²) in [6.45, 7) is 8.88. The van der Waals surface area contributed by atoms with Crippen LogP contribution in [0.3, 0.4) is 0 Å². The first-order valence-electron chi connectivity index (χ1n) is 7.74. The third-order valence-electron chi connectivity index (χ3n) is 3.94. The second-order valence-corrected chi connectivity index (χ2v) is 5.94. The Morgan fingerprint density at radius 2 is 1.61 bits per heavy atom. The molecule has 0 bridgehead atoms. The predicted octanol–water partition coefficient (Wildman–Crippen LogP) is 4.58. The van der Waals surface area contributed by atoms with Crippen LogP contribution < -0.4 is 5.32 Å². The number of nitrogens with zero attached hydrogens (tertiary/aromatic N) is 2. The number of hydrogen-bond acceptors (Lipinski definition) is 4. The molecule has 0 aliphatic rings. The molecular weight excluding hydrogens is 286 g/mol. The van der Waals surface area contributed by atoms with E-state index in [0.29, 0.717) is 18.3 Å². The van der Waals surface area contributed by atoms with E-state index in [2.05, 4.69) is 48.4 Å². The molecule has 4 nitrogen and oxygen atoms in total. The van der Waals surface area contributed by atoms with Crippen LogP contribution in [-0.2, 0) is 6.54 Å². The van der Waals surface area contributed by atoms with Crippen LogP contribution >= 0.6 is 0 Å². The minimum Gasteiger partial charge on any atom is -0.419 e. The highest BCUT2D eigenvalue weighted by Gasteiger charge is 2.11. The Morgan fingerprint density at radius 3 is 2.30 bits per heavy atom. The maximum Gasteiger partial charge on any atom is 0.248 e. The zero-order chi connectivity index (χ0) is 16.4. The lowest BCUT2D eigenvalue weighted by molar-refractivity contribution is 0.514. The fourth-order valence-electron chi connectivity index (χ4n) is 2.87. The van der Waals surface area contributed by atoms with Crippen molar-refractivity contribution in [3.05, 3.63) is 64.5 Å². The summed E-state index contributed by atoms with van der Waals surface area (Å²) in [5.74, 6) is 1.15. The van der Waals surface area contributed by atoms with Gasteiger partial charge in [-0.15, -0.1) is 10.2 Å². The van der Waals surface area contributed by atoms with Gasteiger partial charge in [0.25, 0.3) is 0 Å². The molecule has 1 aromatic heterocycles. The van der Waals surface area contributed by atoms with Gasteiger partial charge in [-0.05, 0) is 50.5 Å². The molecule has 23 heavy (non-hydrogen) atoms. The molecule has 0 aliphatic heterocycles. The van der Waals surface area contributed by atoms with Crippen LogP contribution in [0.5, 0.6) is 0 Å². The van der Waals surface area contributed by atoms with E-state index >= 15 is 0 Å². The third-order valence-corrected chi connectivity index (χ3v) is 3.94. The molecule has 118 valence electrons. The second-order valence-electron chi connectivity index (χ2n) is 5.94. The van der Waals surface area contributed by atoms with Crippen molar-refractivity contribution in [3.63, 3.8) is 0 Å². The van der Waals surface area contributed by atoms with Crippen LogP contribution in [0.25, 0.3) is 11.5 Å². The minimum absolute atomic E-state index is 0.517. The van der Waals surface area contributed by atoms with Gasteiger partial charge in [-0.2, -0.15) is 0 Å². The van der Waals surface area contributed by atoms with Gasteiger partial charge in [0.2, 0.25) is 11.8 Å². The Morgan fingerprint density at radius 1 is 0.913 bits per heavy atom. The van der Waals surface area contributed by atoms with Crippen molar-refractivity contribution >= 4 is 5.69 Å². The van der Waals surface area contributed by atoms with Crippen molar-refractivity contribution < 1.29 is 4.42 Å². The maximum absolute atomic E-state index is 5.79. The molecule has 0 atom stereocenters. The van der Waals surface area contributed by atoms with Gasteiger partial charge in [0.15, 0.2) is 0 Å². The summed E-state index contributed by atoms with van der Waals surface area (Å²) in [4.78, 5) is 0. The van der Waals surface area contributed by atoms with Crippen LogP contribution in [-0.4, -0.2) is 10.2 Å². The van der Waals surface area contributed by atoms with Gasteiger partial charge in [-0.3, -0.25) is 0 Å². The second kappa shape index (κ2) is 6.24.